The molecule has 0 aliphatic carbocycles. The standard InChI is InChI=1S/C27H31N3O2/c1-3-5-6-7-16-31-26-18-29-27(30-19-26)24-10-8-22(9-11-24)23-12-14-25(15-13-23)32-20-21(4-2)17-28/h8-15,18-19,21H,3-7,16,20H2,1-2H3. The van der Waals surface area contributed by atoms with Gasteiger partial charge in [-0.1, -0.05) is 69.5 Å². The van der Waals surface area contributed by atoms with Crippen molar-refractivity contribution < 1.29 is 9.47 Å². The van der Waals surface area contributed by atoms with Crippen LogP contribution in [0.1, 0.15) is 46.0 Å². The van der Waals surface area contributed by atoms with E-state index in [-0.39, 0.29) is 5.92 Å². The van der Waals surface area contributed by atoms with Gasteiger partial charge in [-0.05, 0) is 36.1 Å². The molecule has 0 aliphatic heterocycles. The third-order valence-electron chi connectivity index (χ3n) is 5.35. The van der Waals surface area contributed by atoms with Crippen molar-refractivity contribution in [1.82, 2.24) is 9.97 Å². The van der Waals surface area contributed by atoms with Gasteiger partial charge in [0.15, 0.2) is 11.6 Å². The number of nitriles is 1. The molecular weight excluding hydrogens is 398 g/mol. The van der Waals surface area contributed by atoms with Crippen LogP contribution in [0.25, 0.3) is 22.5 Å². The lowest BCUT2D eigenvalue weighted by atomic mass is 10.0. The predicted molar refractivity (Wildman–Crippen MR) is 127 cm³/mol. The maximum absolute atomic E-state index is 9.03. The highest BCUT2D eigenvalue weighted by Gasteiger charge is 2.07. The van der Waals surface area contributed by atoms with Gasteiger partial charge in [0.2, 0.25) is 0 Å². The van der Waals surface area contributed by atoms with Gasteiger partial charge in [-0.3, -0.25) is 0 Å². The van der Waals surface area contributed by atoms with Crippen LogP contribution in [0.2, 0.25) is 0 Å². The highest BCUT2D eigenvalue weighted by Crippen LogP contribution is 2.25. The van der Waals surface area contributed by atoms with Crippen molar-refractivity contribution in [3.63, 3.8) is 0 Å². The molecule has 1 atom stereocenters. The molecule has 2 aromatic carbocycles. The van der Waals surface area contributed by atoms with Gasteiger partial charge >= 0.3 is 0 Å². The molecule has 32 heavy (non-hydrogen) atoms. The Morgan fingerprint density at radius 2 is 1.41 bits per heavy atom. The van der Waals surface area contributed by atoms with E-state index in [1.165, 1.54) is 19.3 Å². The molecule has 0 N–H and O–H groups in total. The molecule has 0 spiro atoms. The maximum Gasteiger partial charge on any atom is 0.159 e. The summed E-state index contributed by atoms with van der Waals surface area (Å²) in [6.07, 6.45) is 8.99. The van der Waals surface area contributed by atoms with Crippen LogP contribution in [0.15, 0.2) is 60.9 Å². The van der Waals surface area contributed by atoms with E-state index in [0.717, 1.165) is 35.3 Å². The number of ether oxygens (including phenoxy) is 2. The van der Waals surface area contributed by atoms with Crippen LogP contribution >= 0.6 is 0 Å². The molecule has 3 rings (SSSR count). The van der Waals surface area contributed by atoms with Gasteiger partial charge in [-0.2, -0.15) is 5.26 Å². The molecule has 0 bridgehead atoms. The highest BCUT2D eigenvalue weighted by atomic mass is 16.5. The third-order valence-corrected chi connectivity index (χ3v) is 5.35. The Labute approximate surface area is 191 Å². The van der Waals surface area contributed by atoms with E-state index in [9.17, 15) is 0 Å². The van der Waals surface area contributed by atoms with Crippen molar-refractivity contribution >= 4 is 0 Å². The zero-order valence-electron chi connectivity index (χ0n) is 19.0. The van der Waals surface area contributed by atoms with E-state index in [2.05, 4.69) is 35.1 Å². The zero-order chi connectivity index (χ0) is 22.6. The van der Waals surface area contributed by atoms with E-state index in [1.807, 2.05) is 43.3 Å². The lowest BCUT2D eigenvalue weighted by Gasteiger charge is -2.10. The normalized spacial score (nSPS) is 11.5. The predicted octanol–water partition coefficient (Wildman–Crippen LogP) is 6.70. The Bertz CT molecular complexity index is 977. The summed E-state index contributed by atoms with van der Waals surface area (Å²) in [7, 11) is 0. The fraction of sp³-hybridized carbons (Fsp3) is 0.370. The number of hydrogen-bond donors (Lipinski definition) is 0. The second kappa shape index (κ2) is 12.5. The summed E-state index contributed by atoms with van der Waals surface area (Å²) < 4.78 is 11.4. The van der Waals surface area contributed by atoms with Gasteiger partial charge in [-0.25, -0.2) is 9.97 Å². The van der Waals surface area contributed by atoms with Gasteiger partial charge in [0, 0.05) is 5.56 Å². The molecular formula is C27H31N3O2. The topological polar surface area (TPSA) is 68.0 Å². The smallest absolute Gasteiger partial charge is 0.159 e. The molecule has 0 fully saturated rings. The van der Waals surface area contributed by atoms with Crippen LogP contribution in [0, 0.1) is 17.2 Å². The molecule has 0 amide bonds. The van der Waals surface area contributed by atoms with Crippen molar-refractivity contribution in [2.24, 2.45) is 5.92 Å². The van der Waals surface area contributed by atoms with Crippen LogP contribution in [-0.2, 0) is 0 Å². The Kier molecular flexibility index (Phi) is 9.06. The molecule has 5 nitrogen and oxygen atoms in total. The number of nitrogens with zero attached hydrogens (tertiary/aromatic N) is 3. The number of unbranched alkanes of at least 4 members (excludes halogenated alkanes) is 3. The molecule has 1 heterocycles. The van der Waals surface area contributed by atoms with E-state index in [0.29, 0.717) is 24.8 Å². The summed E-state index contributed by atoms with van der Waals surface area (Å²) in [6, 6.07) is 18.4. The summed E-state index contributed by atoms with van der Waals surface area (Å²) in [5, 5.41) is 9.03. The van der Waals surface area contributed by atoms with Crippen molar-refractivity contribution in [2.75, 3.05) is 13.2 Å². The number of aromatic nitrogens is 2. The lowest BCUT2D eigenvalue weighted by molar-refractivity contribution is 0.276. The first-order valence-electron chi connectivity index (χ1n) is 11.4. The fourth-order valence-electron chi connectivity index (χ4n) is 3.26. The van der Waals surface area contributed by atoms with Crippen molar-refractivity contribution in [1.29, 1.82) is 5.26 Å². The van der Waals surface area contributed by atoms with Crippen molar-refractivity contribution in [2.45, 2.75) is 46.0 Å². The first kappa shape index (κ1) is 23.3. The van der Waals surface area contributed by atoms with E-state index in [1.54, 1.807) is 12.4 Å². The Morgan fingerprint density at radius 3 is 2.00 bits per heavy atom. The molecule has 0 saturated heterocycles. The largest absolute Gasteiger partial charge is 0.492 e. The van der Waals surface area contributed by atoms with Crippen LogP contribution in [0.4, 0.5) is 0 Å². The molecule has 5 heteroatoms. The second-order valence-corrected chi connectivity index (χ2v) is 7.80. The Morgan fingerprint density at radius 1 is 0.781 bits per heavy atom. The van der Waals surface area contributed by atoms with Crippen molar-refractivity contribution in [3.8, 4) is 40.1 Å². The molecule has 3 aromatic rings. The second-order valence-electron chi connectivity index (χ2n) is 7.80. The maximum atomic E-state index is 9.03. The zero-order valence-corrected chi connectivity index (χ0v) is 19.0. The van der Waals surface area contributed by atoms with E-state index in [4.69, 9.17) is 14.7 Å². The molecule has 0 saturated carbocycles. The summed E-state index contributed by atoms with van der Waals surface area (Å²) in [6.45, 7) is 5.32. The van der Waals surface area contributed by atoms with Gasteiger partial charge in [-0.15, -0.1) is 0 Å². The highest BCUT2D eigenvalue weighted by molar-refractivity contribution is 5.68. The minimum Gasteiger partial charge on any atom is -0.492 e. The van der Waals surface area contributed by atoms with Gasteiger partial charge < -0.3 is 9.47 Å². The summed E-state index contributed by atoms with van der Waals surface area (Å²) in [5.41, 5.74) is 3.17. The number of hydrogen-bond acceptors (Lipinski definition) is 5. The first-order valence-corrected chi connectivity index (χ1v) is 11.4. The quantitative estimate of drug-likeness (QED) is 0.300. The summed E-state index contributed by atoms with van der Waals surface area (Å²) >= 11 is 0. The van der Waals surface area contributed by atoms with Gasteiger partial charge in [0.05, 0.1) is 31.0 Å². The van der Waals surface area contributed by atoms with Gasteiger partial charge in [0.25, 0.3) is 0 Å². The first-order chi connectivity index (χ1) is 15.7. The average Bonchev–Trinajstić information content (AvgIpc) is 2.85. The molecule has 1 unspecified atom stereocenters. The number of rotatable bonds is 12. The summed E-state index contributed by atoms with van der Waals surface area (Å²) in [4.78, 5) is 8.90. The monoisotopic (exact) mass is 429 g/mol. The minimum atomic E-state index is -0.0733. The molecule has 1 aromatic heterocycles. The van der Waals surface area contributed by atoms with Crippen LogP contribution in [0.5, 0.6) is 11.5 Å². The van der Waals surface area contributed by atoms with Crippen LogP contribution in [-0.4, -0.2) is 23.2 Å². The lowest BCUT2D eigenvalue weighted by Crippen LogP contribution is -2.08. The average molecular weight is 430 g/mol. The molecule has 166 valence electrons. The fourth-order valence-corrected chi connectivity index (χ4v) is 3.26. The van der Waals surface area contributed by atoms with E-state index < -0.39 is 0 Å². The van der Waals surface area contributed by atoms with Crippen LogP contribution in [0.3, 0.4) is 0 Å². The Hall–Kier alpha value is -3.39. The number of benzene rings is 2. The third kappa shape index (κ3) is 6.81. The SMILES string of the molecule is CCCCCCOc1cnc(-c2ccc(-c3ccc(OCC(C#N)CC)cc3)cc2)nc1. The van der Waals surface area contributed by atoms with Crippen LogP contribution < -0.4 is 9.47 Å². The Balaban J connectivity index is 1.56. The minimum absolute atomic E-state index is 0.0733. The van der Waals surface area contributed by atoms with Crippen molar-refractivity contribution in [3.05, 3.63) is 60.9 Å². The van der Waals surface area contributed by atoms with Gasteiger partial charge in [0.1, 0.15) is 12.4 Å². The molecule has 0 radical (unpaired) electrons. The molecule has 0 aliphatic rings. The van der Waals surface area contributed by atoms with E-state index >= 15 is 0 Å². The summed E-state index contributed by atoms with van der Waals surface area (Å²) in [5.74, 6) is 2.10.